The van der Waals surface area contributed by atoms with Gasteiger partial charge in [0.25, 0.3) is 0 Å². The van der Waals surface area contributed by atoms with Crippen molar-refractivity contribution in [3.8, 4) is 0 Å². The van der Waals surface area contributed by atoms with Crippen LogP contribution in [0.15, 0.2) is 41.8 Å². The molecular formula is C17H21NO2S2. The fraction of sp³-hybridized carbons (Fsp3) is 0.353. The smallest absolute Gasteiger partial charge is 0.232 e. The highest BCUT2D eigenvalue weighted by molar-refractivity contribution is 7.86. The van der Waals surface area contributed by atoms with Crippen LogP contribution in [0.3, 0.4) is 0 Å². The van der Waals surface area contributed by atoms with E-state index in [9.17, 15) is 9.00 Å². The highest BCUT2D eigenvalue weighted by Crippen LogP contribution is 2.23. The molecule has 0 aliphatic carbocycles. The molecule has 2 unspecified atom stereocenters. The van der Waals surface area contributed by atoms with Gasteiger partial charge in [0, 0.05) is 15.7 Å². The largest absolute Gasteiger partial charge is 0.350 e. The van der Waals surface area contributed by atoms with Gasteiger partial charge in [-0.05, 0) is 35.9 Å². The van der Waals surface area contributed by atoms with Crippen molar-refractivity contribution in [3.63, 3.8) is 0 Å². The molecule has 1 aromatic carbocycles. The van der Waals surface area contributed by atoms with Crippen LogP contribution in [0, 0.1) is 6.92 Å². The zero-order valence-electron chi connectivity index (χ0n) is 12.9. The quantitative estimate of drug-likeness (QED) is 0.841. The standard InChI is InChI=1S/C17H21NO2S2/c1-3-16(14-7-5-4-6-8-14)22(20)12-17(19)18-11-15-13(2)9-10-21-15/h4-10,16H,3,11-12H2,1-2H3,(H,18,19). The summed E-state index contributed by atoms with van der Waals surface area (Å²) in [5.41, 5.74) is 2.22. The Morgan fingerprint density at radius 3 is 2.59 bits per heavy atom. The Morgan fingerprint density at radius 2 is 2.00 bits per heavy atom. The summed E-state index contributed by atoms with van der Waals surface area (Å²) in [5, 5.41) is 4.79. The number of nitrogens with one attached hydrogen (secondary N) is 1. The van der Waals surface area contributed by atoms with Crippen LogP contribution in [-0.2, 0) is 22.1 Å². The molecule has 1 aromatic heterocycles. The minimum absolute atomic E-state index is 0.0534. The summed E-state index contributed by atoms with van der Waals surface area (Å²) >= 11 is 1.63. The lowest BCUT2D eigenvalue weighted by atomic mass is 10.1. The molecule has 0 radical (unpaired) electrons. The molecule has 1 amide bonds. The number of aryl methyl sites for hydroxylation is 1. The number of benzene rings is 1. The second-order valence-corrected chi connectivity index (χ2v) is 7.76. The van der Waals surface area contributed by atoms with E-state index < -0.39 is 10.8 Å². The molecule has 0 fully saturated rings. The normalized spacial score (nSPS) is 13.5. The molecule has 2 atom stereocenters. The van der Waals surface area contributed by atoms with Crippen LogP contribution < -0.4 is 5.32 Å². The maximum atomic E-state index is 12.5. The van der Waals surface area contributed by atoms with Gasteiger partial charge in [0.05, 0.1) is 11.8 Å². The molecule has 0 aliphatic heterocycles. The highest BCUT2D eigenvalue weighted by atomic mass is 32.2. The first-order chi connectivity index (χ1) is 10.6. The number of hydrogen-bond acceptors (Lipinski definition) is 3. The number of thiophene rings is 1. The number of rotatable bonds is 7. The van der Waals surface area contributed by atoms with Crippen molar-refractivity contribution in [2.45, 2.75) is 32.1 Å². The molecule has 118 valence electrons. The lowest BCUT2D eigenvalue weighted by Crippen LogP contribution is -2.29. The van der Waals surface area contributed by atoms with E-state index in [4.69, 9.17) is 0 Å². The van der Waals surface area contributed by atoms with E-state index in [1.807, 2.05) is 55.6 Å². The van der Waals surface area contributed by atoms with Gasteiger partial charge < -0.3 is 5.32 Å². The first kappa shape index (κ1) is 16.9. The molecule has 3 nitrogen and oxygen atoms in total. The lowest BCUT2D eigenvalue weighted by molar-refractivity contribution is -0.118. The molecule has 0 saturated carbocycles. The second kappa shape index (κ2) is 8.25. The van der Waals surface area contributed by atoms with E-state index in [-0.39, 0.29) is 16.9 Å². The van der Waals surface area contributed by atoms with Crippen molar-refractivity contribution >= 4 is 28.0 Å². The highest BCUT2D eigenvalue weighted by Gasteiger charge is 2.19. The van der Waals surface area contributed by atoms with Gasteiger partial charge in [-0.3, -0.25) is 9.00 Å². The molecule has 0 bridgehead atoms. The maximum absolute atomic E-state index is 12.5. The third-order valence-corrected chi connectivity index (χ3v) is 6.36. The fourth-order valence-electron chi connectivity index (χ4n) is 2.29. The SMILES string of the molecule is CCC(c1ccccc1)S(=O)CC(=O)NCc1sccc1C. The summed E-state index contributed by atoms with van der Waals surface area (Å²) in [7, 11) is -1.20. The number of amides is 1. The van der Waals surface area contributed by atoms with E-state index in [0.717, 1.165) is 16.9 Å². The van der Waals surface area contributed by atoms with Crippen LogP contribution in [0.5, 0.6) is 0 Å². The Hall–Kier alpha value is -1.46. The molecule has 2 rings (SSSR count). The van der Waals surface area contributed by atoms with Gasteiger partial charge in [-0.1, -0.05) is 37.3 Å². The predicted molar refractivity (Wildman–Crippen MR) is 93.4 cm³/mol. The van der Waals surface area contributed by atoms with Crippen molar-refractivity contribution in [1.82, 2.24) is 5.32 Å². The van der Waals surface area contributed by atoms with E-state index in [2.05, 4.69) is 5.32 Å². The molecule has 2 aromatic rings. The second-order valence-electron chi connectivity index (χ2n) is 5.14. The van der Waals surface area contributed by atoms with Crippen molar-refractivity contribution in [2.24, 2.45) is 0 Å². The minimum Gasteiger partial charge on any atom is -0.350 e. The summed E-state index contributed by atoms with van der Waals surface area (Å²) in [6, 6.07) is 11.8. The third kappa shape index (κ3) is 4.52. The Labute approximate surface area is 138 Å². The topological polar surface area (TPSA) is 46.2 Å². The van der Waals surface area contributed by atoms with E-state index in [0.29, 0.717) is 6.54 Å². The Bertz CT molecular complexity index is 637. The number of hydrogen-bond donors (Lipinski definition) is 1. The zero-order chi connectivity index (χ0) is 15.9. The van der Waals surface area contributed by atoms with E-state index in [1.54, 1.807) is 11.3 Å². The van der Waals surface area contributed by atoms with Gasteiger partial charge in [0.1, 0.15) is 5.75 Å². The molecule has 0 spiro atoms. The Morgan fingerprint density at radius 1 is 1.27 bits per heavy atom. The van der Waals surface area contributed by atoms with Gasteiger partial charge in [-0.15, -0.1) is 11.3 Å². The van der Waals surface area contributed by atoms with Crippen LogP contribution in [0.25, 0.3) is 0 Å². The fourth-order valence-corrected chi connectivity index (χ4v) is 4.53. The monoisotopic (exact) mass is 335 g/mol. The van der Waals surface area contributed by atoms with Crippen LogP contribution in [-0.4, -0.2) is 15.9 Å². The molecule has 1 N–H and O–H groups in total. The van der Waals surface area contributed by atoms with Crippen molar-refractivity contribution in [2.75, 3.05) is 5.75 Å². The summed E-state index contributed by atoms with van der Waals surface area (Å²) in [4.78, 5) is 13.2. The molecule has 0 saturated heterocycles. The first-order valence-electron chi connectivity index (χ1n) is 7.33. The van der Waals surface area contributed by atoms with Gasteiger partial charge >= 0.3 is 0 Å². The van der Waals surface area contributed by atoms with Gasteiger partial charge in [0.15, 0.2) is 0 Å². The minimum atomic E-state index is -1.20. The lowest BCUT2D eigenvalue weighted by Gasteiger charge is -2.15. The zero-order valence-corrected chi connectivity index (χ0v) is 14.5. The number of carbonyl (C=O) groups excluding carboxylic acids is 1. The van der Waals surface area contributed by atoms with Crippen LogP contribution in [0.2, 0.25) is 0 Å². The average molecular weight is 335 g/mol. The maximum Gasteiger partial charge on any atom is 0.232 e. The summed E-state index contributed by atoms with van der Waals surface area (Å²) < 4.78 is 12.5. The van der Waals surface area contributed by atoms with Crippen LogP contribution >= 0.6 is 11.3 Å². The van der Waals surface area contributed by atoms with Gasteiger partial charge in [0.2, 0.25) is 5.91 Å². The summed E-state index contributed by atoms with van der Waals surface area (Å²) in [5.74, 6) is -0.0989. The van der Waals surface area contributed by atoms with Crippen LogP contribution in [0.1, 0.15) is 34.6 Å². The average Bonchev–Trinajstić information content (AvgIpc) is 2.92. The number of carbonyl (C=O) groups is 1. The Balaban J connectivity index is 1.90. The summed E-state index contributed by atoms with van der Waals surface area (Å²) in [6.07, 6.45) is 0.758. The molecular weight excluding hydrogens is 314 g/mol. The van der Waals surface area contributed by atoms with Gasteiger partial charge in [-0.25, -0.2) is 0 Å². The van der Waals surface area contributed by atoms with Crippen molar-refractivity contribution in [1.29, 1.82) is 0 Å². The molecule has 22 heavy (non-hydrogen) atoms. The first-order valence-corrected chi connectivity index (χ1v) is 9.59. The van der Waals surface area contributed by atoms with E-state index >= 15 is 0 Å². The molecule has 0 aliphatic rings. The molecule has 5 heteroatoms. The van der Waals surface area contributed by atoms with Crippen molar-refractivity contribution < 1.29 is 9.00 Å². The predicted octanol–water partition coefficient (Wildman–Crippen LogP) is 3.57. The van der Waals surface area contributed by atoms with Crippen LogP contribution in [0.4, 0.5) is 0 Å². The van der Waals surface area contributed by atoms with Gasteiger partial charge in [-0.2, -0.15) is 0 Å². The van der Waals surface area contributed by atoms with E-state index in [1.165, 1.54) is 5.56 Å². The van der Waals surface area contributed by atoms with Crippen molar-refractivity contribution in [3.05, 3.63) is 57.8 Å². The Kier molecular flexibility index (Phi) is 6.34. The summed E-state index contributed by atoms with van der Waals surface area (Å²) in [6.45, 7) is 4.54. The molecule has 1 heterocycles. The third-order valence-electron chi connectivity index (χ3n) is 3.55.